The number of nitrogens with one attached hydrogen (secondary N) is 1. The van der Waals surface area contributed by atoms with Gasteiger partial charge in [0, 0.05) is 53.9 Å². The third-order valence-corrected chi connectivity index (χ3v) is 9.80. The number of carboxylic acid groups (broad SMARTS) is 1. The van der Waals surface area contributed by atoms with Crippen molar-refractivity contribution in [3.05, 3.63) is 50.5 Å². The number of aliphatic hydroxyl groups is 1. The van der Waals surface area contributed by atoms with E-state index in [1.807, 2.05) is 13.8 Å². The largest absolute Gasteiger partial charge is 0.477 e. The number of aliphatic carboxylic acids is 1. The number of benzene rings is 1. The topological polar surface area (TPSA) is 183 Å². The highest BCUT2D eigenvalue weighted by Gasteiger charge is 2.60. The number of urea groups is 1. The Morgan fingerprint density at radius 3 is 2.48 bits per heavy atom. The van der Waals surface area contributed by atoms with Crippen molar-refractivity contribution in [2.24, 2.45) is 11.8 Å². The van der Waals surface area contributed by atoms with Crippen LogP contribution in [0.1, 0.15) is 32.8 Å². The first-order chi connectivity index (χ1) is 19.9. The van der Waals surface area contributed by atoms with Crippen molar-refractivity contribution in [3.63, 3.8) is 0 Å². The van der Waals surface area contributed by atoms with Gasteiger partial charge < -0.3 is 35.0 Å². The van der Waals surface area contributed by atoms with E-state index in [0.717, 1.165) is 0 Å². The molecule has 0 unspecified atom stereocenters. The van der Waals surface area contributed by atoms with Gasteiger partial charge in [-0.2, -0.15) is 0 Å². The molecule has 4 amide bonds. The number of fused-ring (bicyclic) bond motifs is 1. The van der Waals surface area contributed by atoms with Crippen LogP contribution in [-0.4, -0.2) is 103 Å². The van der Waals surface area contributed by atoms with E-state index in [1.165, 1.54) is 47.9 Å². The Labute approximate surface area is 245 Å². The lowest BCUT2D eigenvalue weighted by molar-refractivity contribution is -0.384. The van der Waals surface area contributed by atoms with Gasteiger partial charge in [-0.3, -0.25) is 14.9 Å². The van der Waals surface area contributed by atoms with Crippen molar-refractivity contribution < 1.29 is 39.1 Å². The number of nitro benzene ring substituents is 1. The van der Waals surface area contributed by atoms with E-state index in [4.69, 9.17) is 4.74 Å². The molecule has 0 saturated carbocycles. The molecule has 1 aromatic rings. The Morgan fingerprint density at radius 2 is 1.90 bits per heavy atom. The maximum absolute atomic E-state index is 13.3. The lowest BCUT2D eigenvalue weighted by Crippen LogP contribution is -2.63. The van der Waals surface area contributed by atoms with Crippen molar-refractivity contribution in [3.8, 4) is 0 Å². The van der Waals surface area contributed by atoms with Crippen molar-refractivity contribution in [2.45, 2.75) is 63.3 Å². The number of nitrogens with zero attached hydrogens (tertiary/aromatic N) is 4. The minimum Gasteiger partial charge on any atom is -0.477 e. The summed E-state index contributed by atoms with van der Waals surface area (Å²) in [4.78, 5) is 66.1. The predicted molar refractivity (Wildman–Crippen MR) is 149 cm³/mol. The summed E-state index contributed by atoms with van der Waals surface area (Å²) in [6.07, 6.45) is -1.07. The molecule has 4 aliphatic rings. The zero-order valence-electron chi connectivity index (χ0n) is 23.3. The molecule has 7 atom stereocenters. The average Bonchev–Trinajstić information content (AvgIpc) is 3.54. The molecule has 5 rings (SSSR count). The second kappa shape index (κ2) is 11.4. The molecule has 15 heteroatoms. The summed E-state index contributed by atoms with van der Waals surface area (Å²) in [5.41, 5.74) is 0.411. The van der Waals surface area contributed by atoms with Crippen LogP contribution in [0, 0.1) is 22.0 Å². The van der Waals surface area contributed by atoms with Crippen LogP contribution < -0.4 is 5.32 Å². The van der Waals surface area contributed by atoms with Crippen LogP contribution in [0.25, 0.3) is 0 Å². The number of rotatable bonds is 9. The molecule has 0 bridgehead atoms. The van der Waals surface area contributed by atoms with Crippen molar-refractivity contribution in [2.75, 3.05) is 19.6 Å². The zero-order valence-corrected chi connectivity index (χ0v) is 24.2. The number of thioether (sulfide) groups is 1. The molecule has 42 heavy (non-hydrogen) atoms. The fourth-order valence-corrected chi connectivity index (χ4v) is 7.89. The van der Waals surface area contributed by atoms with Gasteiger partial charge in [0.2, 0.25) is 5.91 Å². The molecule has 0 radical (unpaired) electrons. The fraction of sp³-hybridized carbons (Fsp3) is 0.556. The van der Waals surface area contributed by atoms with Gasteiger partial charge in [-0.1, -0.05) is 6.92 Å². The summed E-state index contributed by atoms with van der Waals surface area (Å²) in [5, 5.41) is 33.7. The number of amides is 4. The Kier molecular flexibility index (Phi) is 8.07. The maximum Gasteiger partial charge on any atom is 0.410 e. The first-order valence-corrected chi connectivity index (χ1v) is 14.6. The van der Waals surface area contributed by atoms with Gasteiger partial charge in [0.05, 0.1) is 29.0 Å². The normalized spacial score (nSPS) is 29.4. The lowest BCUT2D eigenvalue weighted by atomic mass is 9.79. The van der Waals surface area contributed by atoms with Crippen molar-refractivity contribution in [1.82, 2.24) is 20.0 Å². The Balaban J connectivity index is 1.32. The Morgan fingerprint density at radius 1 is 1.21 bits per heavy atom. The van der Waals surface area contributed by atoms with Crippen LogP contribution >= 0.6 is 11.8 Å². The number of β-lactam (4-membered cyclic amide) rings is 1. The number of hydrogen-bond acceptors (Lipinski definition) is 9. The van der Waals surface area contributed by atoms with Gasteiger partial charge in [-0.15, -0.1) is 11.8 Å². The second-order valence-electron chi connectivity index (χ2n) is 11.3. The minimum absolute atomic E-state index is 0.0434. The summed E-state index contributed by atoms with van der Waals surface area (Å²) in [7, 11) is 0. The number of non-ortho nitro benzene ring substituents is 1. The molecule has 0 aliphatic carbocycles. The van der Waals surface area contributed by atoms with Crippen LogP contribution in [-0.2, 0) is 20.9 Å². The number of ether oxygens (including phenoxy) is 1. The lowest BCUT2D eigenvalue weighted by Gasteiger charge is -2.46. The van der Waals surface area contributed by atoms with Gasteiger partial charge in [-0.25, -0.2) is 14.4 Å². The Hall–Kier alpha value is -3.85. The summed E-state index contributed by atoms with van der Waals surface area (Å²) >= 11 is 1.32. The molecular weight excluding hydrogens is 570 g/mol. The van der Waals surface area contributed by atoms with E-state index in [2.05, 4.69) is 5.32 Å². The fourth-order valence-electron chi connectivity index (χ4n) is 6.33. The number of nitro groups is 1. The smallest absolute Gasteiger partial charge is 0.410 e. The van der Waals surface area contributed by atoms with Gasteiger partial charge in [-0.05, 0) is 38.0 Å². The number of hydrogen-bond donors (Lipinski definition) is 3. The van der Waals surface area contributed by atoms with Gasteiger partial charge in [0.1, 0.15) is 12.3 Å². The monoisotopic (exact) mass is 603 g/mol. The van der Waals surface area contributed by atoms with E-state index >= 15 is 0 Å². The van der Waals surface area contributed by atoms with Crippen molar-refractivity contribution in [1.29, 1.82) is 0 Å². The van der Waals surface area contributed by atoms with E-state index in [0.29, 0.717) is 23.4 Å². The molecule has 4 aliphatic heterocycles. The summed E-state index contributed by atoms with van der Waals surface area (Å²) in [6.45, 7) is 6.10. The molecular formula is C27H33N5O9S. The maximum atomic E-state index is 13.3. The highest BCUT2D eigenvalue weighted by Crippen LogP contribution is 2.52. The summed E-state index contributed by atoms with van der Waals surface area (Å²) in [5.74, 6) is -2.62. The minimum atomic E-state index is -1.22. The van der Waals surface area contributed by atoms with E-state index < -0.39 is 47.0 Å². The SMILES string of the molecule is C[C@@H]1CN(C[C@@H]2C[C@H](SC3=C(C(=O)O)N4C(=O)[C@H]([C@@H](C)O)[C@H]4[C@H]3C)CN2C(=O)OCc2ccc([N+](=O)[O-])cc2)C(=O)N1. The molecule has 14 nitrogen and oxygen atoms in total. The Bertz CT molecular complexity index is 1340. The second-order valence-corrected chi connectivity index (χ2v) is 12.6. The number of carbonyl (C=O) groups excluding carboxylic acids is 3. The third-order valence-electron chi connectivity index (χ3n) is 8.31. The third kappa shape index (κ3) is 5.38. The highest BCUT2D eigenvalue weighted by atomic mass is 32.2. The summed E-state index contributed by atoms with van der Waals surface area (Å²) < 4.78 is 5.55. The van der Waals surface area contributed by atoms with E-state index in [1.54, 1.807) is 9.80 Å². The van der Waals surface area contributed by atoms with Crippen LogP contribution in [0.2, 0.25) is 0 Å². The molecule has 3 N–H and O–H groups in total. The van der Waals surface area contributed by atoms with Crippen LogP contribution in [0.15, 0.2) is 34.9 Å². The van der Waals surface area contributed by atoms with Crippen LogP contribution in [0.5, 0.6) is 0 Å². The molecule has 0 aromatic heterocycles. The van der Waals surface area contributed by atoms with E-state index in [9.17, 15) is 39.5 Å². The summed E-state index contributed by atoms with van der Waals surface area (Å²) in [6, 6.07) is 4.55. The van der Waals surface area contributed by atoms with Crippen LogP contribution in [0.4, 0.5) is 15.3 Å². The van der Waals surface area contributed by atoms with E-state index in [-0.39, 0.29) is 54.3 Å². The predicted octanol–water partition coefficient (Wildman–Crippen LogP) is 1.97. The molecule has 226 valence electrons. The molecule has 3 saturated heterocycles. The standard InChI is InChI=1S/C27H33N5O9S/c1-13-9-29(26(37)28-13)10-18-8-19(11-30(18)27(38)41-12-16-4-6-17(7-5-16)32(39)40)42-23-14(2)21-20(15(3)33)24(34)31(21)22(23)25(35)36/h4-7,13-15,18-21,33H,8-12H2,1-3H3,(H,28,37)(H,35,36)/t13-,14-,15-,18+,19+,20-,21-/m1/s1. The number of carbonyl (C=O) groups is 4. The van der Waals surface area contributed by atoms with Gasteiger partial charge in [0.15, 0.2) is 0 Å². The quantitative estimate of drug-likeness (QED) is 0.214. The number of likely N-dealkylation sites (tertiary alicyclic amines) is 1. The van der Waals surface area contributed by atoms with Crippen molar-refractivity contribution >= 4 is 41.5 Å². The average molecular weight is 604 g/mol. The molecule has 4 heterocycles. The number of aliphatic hydroxyl groups excluding tert-OH is 1. The molecule has 0 spiro atoms. The zero-order chi connectivity index (χ0) is 30.5. The highest BCUT2D eigenvalue weighted by molar-refractivity contribution is 8.03. The van der Waals surface area contributed by atoms with Gasteiger partial charge in [0.25, 0.3) is 5.69 Å². The number of carboxylic acids is 1. The molecule has 3 fully saturated rings. The molecule has 1 aromatic carbocycles. The van der Waals surface area contributed by atoms with Gasteiger partial charge >= 0.3 is 18.1 Å². The van der Waals surface area contributed by atoms with Crippen LogP contribution in [0.3, 0.4) is 0 Å². The first-order valence-electron chi connectivity index (χ1n) is 13.7. The first kappa shape index (κ1) is 29.6.